The summed E-state index contributed by atoms with van der Waals surface area (Å²) in [7, 11) is 0. The number of fused-ring (bicyclic) bond motifs is 1. The van der Waals surface area contributed by atoms with Crippen LogP contribution in [0.4, 0.5) is 23.1 Å². The SMILES string of the molecule is CCc1ccc(Nc2nc3c(c(Nc4cc(Cl)cc(Cl)c4)n2)C(=O)CCC3)cc1. The number of hydrogen-bond donors (Lipinski definition) is 2. The molecule has 148 valence electrons. The predicted molar refractivity (Wildman–Crippen MR) is 118 cm³/mol. The second-order valence-electron chi connectivity index (χ2n) is 6.95. The first kappa shape index (κ1) is 19.7. The Hall–Kier alpha value is -2.63. The number of anilines is 4. The molecular formula is C22H20Cl2N4O. The molecule has 0 fully saturated rings. The van der Waals surface area contributed by atoms with Gasteiger partial charge in [0.1, 0.15) is 5.82 Å². The van der Waals surface area contributed by atoms with Gasteiger partial charge in [-0.1, -0.05) is 42.3 Å². The fraction of sp³-hybridized carbons (Fsp3) is 0.227. The number of benzene rings is 2. The molecule has 0 unspecified atom stereocenters. The minimum absolute atomic E-state index is 0.0423. The number of nitrogens with zero attached hydrogens (tertiary/aromatic N) is 2. The van der Waals surface area contributed by atoms with E-state index in [4.69, 9.17) is 23.2 Å². The van der Waals surface area contributed by atoms with E-state index in [1.165, 1.54) is 5.56 Å². The number of ketones is 1. The minimum atomic E-state index is 0.0423. The van der Waals surface area contributed by atoms with E-state index >= 15 is 0 Å². The third-order valence-electron chi connectivity index (χ3n) is 4.82. The van der Waals surface area contributed by atoms with Crippen LogP contribution < -0.4 is 10.6 Å². The van der Waals surface area contributed by atoms with Crippen LogP contribution in [0.3, 0.4) is 0 Å². The van der Waals surface area contributed by atoms with Crippen molar-refractivity contribution in [2.45, 2.75) is 32.6 Å². The van der Waals surface area contributed by atoms with Crippen molar-refractivity contribution in [2.24, 2.45) is 0 Å². The standard InChI is InChI=1S/C22H20Cl2N4O/c1-2-13-6-8-16(9-7-13)26-22-27-18-4-3-5-19(29)20(18)21(28-22)25-17-11-14(23)10-15(24)12-17/h6-12H,2-5H2,1H3,(H2,25,26,27,28). The van der Waals surface area contributed by atoms with Crippen LogP contribution in [0, 0.1) is 0 Å². The molecule has 7 heteroatoms. The molecule has 1 heterocycles. The molecule has 2 N–H and O–H groups in total. The second kappa shape index (κ2) is 8.39. The van der Waals surface area contributed by atoms with Crippen LogP contribution >= 0.6 is 23.2 Å². The van der Waals surface area contributed by atoms with E-state index in [9.17, 15) is 4.79 Å². The lowest BCUT2D eigenvalue weighted by Gasteiger charge is -2.19. The summed E-state index contributed by atoms with van der Waals surface area (Å²) in [6, 6.07) is 13.3. The van der Waals surface area contributed by atoms with Crippen LogP contribution in [-0.4, -0.2) is 15.8 Å². The van der Waals surface area contributed by atoms with E-state index in [1.807, 2.05) is 12.1 Å². The first-order valence-corrected chi connectivity index (χ1v) is 10.3. The Morgan fingerprint density at radius 3 is 2.34 bits per heavy atom. The highest BCUT2D eigenvalue weighted by Gasteiger charge is 2.25. The van der Waals surface area contributed by atoms with Crippen molar-refractivity contribution < 1.29 is 4.79 Å². The molecule has 0 saturated carbocycles. The van der Waals surface area contributed by atoms with Crippen LogP contribution in [0.1, 0.15) is 41.4 Å². The topological polar surface area (TPSA) is 66.9 Å². The van der Waals surface area contributed by atoms with Crippen LogP contribution in [0.25, 0.3) is 0 Å². The number of carbonyl (C=O) groups is 1. The molecule has 0 amide bonds. The molecule has 0 saturated heterocycles. The first-order valence-electron chi connectivity index (χ1n) is 9.55. The zero-order valence-electron chi connectivity index (χ0n) is 15.9. The molecule has 0 radical (unpaired) electrons. The van der Waals surface area contributed by atoms with Gasteiger partial charge in [-0.2, -0.15) is 4.98 Å². The molecule has 5 nitrogen and oxygen atoms in total. The van der Waals surface area contributed by atoms with Gasteiger partial charge < -0.3 is 10.6 Å². The summed E-state index contributed by atoms with van der Waals surface area (Å²) in [4.78, 5) is 21.8. The third kappa shape index (κ3) is 4.52. The molecule has 4 rings (SSSR count). The molecule has 1 aromatic heterocycles. The Morgan fingerprint density at radius 2 is 1.66 bits per heavy atom. The van der Waals surface area contributed by atoms with Crippen molar-refractivity contribution in [3.63, 3.8) is 0 Å². The van der Waals surface area contributed by atoms with Crippen molar-refractivity contribution in [3.8, 4) is 0 Å². The van der Waals surface area contributed by atoms with E-state index in [-0.39, 0.29) is 5.78 Å². The van der Waals surface area contributed by atoms with Crippen molar-refractivity contribution in [1.29, 1.82) is 0 Å². The Labute approximate surface area is 179 Å². The van der Waals surface area contributed by atoms with Crippen LogP contribution in [0.5, 0.6) is 0 Å². The van der Waals surface area contributed by atoms with E-state index in [2.05, 4.69) is 39.7 Å². The minimum Gasteiger partial charge on any atom is -0.339 e. The van der Waals surface area contributed by atoms with Gasteiger partial charge in [0.15, 0.2) is 5.78 Å². The lowest BCUT2D eigenvalue weighted by Crippen LogP contribution is -2.17. The summed E-state index contributed by atoms with van der Waals surface area (Å²) in [5.74, 6) is 0.949. The number of aromatic nitrogens is 2. The molecular weight excluding hydrogens is 407 g/mol. The van der Waals surface area contributed by atoms with Crippen molar-refractivity contribution >= 4 is 52.1 Å². The van der Waals surface area contributed by atoms with Crippen LogP contribution in [-0.2, 0) is 12.8 Å². The number of Topliss-reactive ketones (excluding diaryl/α,β-unsaturated/α-hetero) is 1. The monoisotopic (exact) mass is 426 g/mol. The van der Waals surface area contributed by atoms with Crippen LogP contribution in [0.2, 0.25) is 10.0 Å². The summed E-state index contributed by atoms with van der Waals surface area (Å²) in [6.07, 6.45) is 2.99. The lowest BCUT2D eigenvalue weighted by atomic mass is 9.95. The second-order valence-corrected chi connectivity index (χ2v) is 7.83. The molecule has 1 aliphatic rings. The fourth-order valence-electron chi connectivity index (χ4n) is 3.38. The molecule has 0 atom stereocenters. The molecule has 0 spiro atoms. The smallest absolute Gasteiger partial charge is 0.229 e. The molecule has 2 aromatic carbocycles. The van der Waals surface area contributed by atoms with E-state index in [1.54, 1.807) is 18.2 Å². The Balaban J connectivity index is 1.71. The number of rotatable bonds is 5. The van der Waals surface area contributed by atoms with Gasteiger partial charge in [0, 0.05) is 27.8 Å². The number of aryl methyl sites for hydroxylation is 2. The summed E-state index contributed by atoms with van der Waals surface area (Å²) in [6.45, 7) is 2.12. The van der Waals surface area contributed by atoms with Crippen LogP contribution in [0.15, 0.2) is 42.5 Å². The van der Waals surface area contributed by atoms with Gasteiger partial charge >= 0.3 is 0 Å². The van der Waals surface area contributed by atoms with Gasteiger partial charge in [0.25, 0.3) is 0 Å². The van der Waals surface area contributed by atoms with E-state index < -0.39 is 0 Å². The van der Waals surface area contributed by atoms with Crippen molar-refractivity contribution in [3.05, 3.63) is 69.3 Å². The maximum Gasteiger partial charge on any atom is 0.229 e. The van der Waals surface area contributed by atoms with Crippen molar-refractivity contribution in [2.75, 3.05) is 10.6 Å². The third-order valence-corrected chi connectivity index (χ3v) is 5.26. The maximum atomic E-state index is 12.6. The van der Waals surface area contributed by atoms with Gasteiger partial charge in [-0.05, 0) is 55.2 Å². The molecule has 1 aliphatic carbocycles. The van der Waals surface area contributed by atoms with Gasteiger partial charge in [0.2, 0.25) is 5.95 Å². The first-order chi connectivity index (χ1) is 14.0. The number of halogens is 2. The molecule has 3 aromatic rings. The Bertz CT molecular complexity index is 1050. The van der Waals surface area contributed by atoms with Gasteiger partial charge in [-0.3, -0.25) is 4.79 Å². The highest BCUT2D eigenvalue weighted by Crippen LogP contribution is 2.31. The number of nitrogens with one attached hydrogen (secondary N) is 2. The average molecular weight is 427 g/mol. The van der Waals surface area contributed by atoms with E-state index in [0.29, 0.717) is 39.5 Å². The summed E-state index contributed by atoms with van der Waals surface area (Å²) in [5, 5.41) is 7.46. The van der Waals surface area contributed by atoms with Gasteiger partial charge in [0.05, 0.1) is 11.3 Å². The lowest BCUT2D eigenvalue weighted by molar-refractivity contribution is 0.0972. The Kier molecular flexibility index (Phi) is 5.69. The van der Waals surface area contributed by atoms with E-state index in [0.717, 1.165) is 30.6 Å². The number of carbonyl (C=O) groups excluding carboxylic acids is 1. The summed E-state index contributed by atoms with van der Waals surface area (Å²) >= 11 is 12.2. The zero-order chi connectivity index (χ0) is 20.4. The highest BCUT2D eigenvalue weighted by molar-refractivity contribution is 6.35. The average Bonchev–Trinajstić information content (AvgIpc) is 2.68. The summed E-state index contributed by atoms with van der Waals surface area (Å²) in [5.41, 5.74) is 4.10. The zero-order valence-corrected chi connectivity index (χ0v) is 17.4. The number of hydrogen-bond acceptors (Lipinski definition) is 5. The predicted octanol–water partition coefficient (Wildman–Crippen LogP) is 6.35. The van der Waals surface area contributed by atoms with Gasteiger partial charge in [-0.15, -0.1) is 0 Å². The summed E-state index contributed by atoms with van der Waals surface area (Å²) < 4.78 is 0. The maximum absolute atomic E-state index is 12.6. The fourth-order valence-corrected chi connectivity index (χ4v) is 3.91. The van der Waals surface area contributed by atoms with Crippen molar-refractivity contribution in [1.82, 2.24) is 9.97 Å². The quantitative estimate of drug-likeness (QED) is 0.497. The van der Waals surface area contributed by atoms with Gasteiger partial charge in [-0.25, -0.2) is 4.98 Å². The Morgan fingerprint density at radius 1 is 0.931 bits per heavy atom. The normalized spacial score (nSPS) is 13.1. The molecule has 0 bridgehead atoms. The highest BCUT2D eigenvalue weighted by atomic mass is 35.5. The largest absolute Gasteiger partial charge is 0.339 e. The molecule has 0 aliphatic heterocycles. The molecule has 29 heavy (non-hydrogen) atoms.